The van der Waals surface area contributed by atoms with Crippen molar-refractivity contribution in [2.45, 2.75) is 38.3 Å². The molecule has 0 aromatic rings. The summed E-state index contributed by atoms with van der Waals surface area (Å²) in [5, 5.41) is 0. The number of likely N-dealkylation sites (tertiary alicyclic amines) is 1. The molecule has 0 aromatic carbocycles. The zero-order chi connectivity index (χ0) is 12.0. The van der Waals surface area contributed by atoms with Gasteiger partial charge in [0.25, 0.3) is 0 Å². The lowest BCUT2D eigenvalue weighted by atomic mass is 9.90. The Morgan fingerprint density at radius 1 is 1.62 bits per heavy atom. The van der Waals surface area contributed by atoms with E-state index in [-0.39, 0.29) is 25.4 Å². The first-order valence-electron chi connectivity index (χ1n) is 5.63. The number of piperidine rings is 1. The SMILES string of the molecule is CCOC(=O)CCC1(F)CCCN(C=O)C1. The van der Waals surface area contributed by atoms with Crippen molar-refractivity contribution >= 4 is 12.4 Å². The molecule has 1 atom stereocenters. The average Bonchev–Trinajstić information content (AvgIpc) is 2.27. The fourth-order valence-corrected chi connectivity index (χ4v) is 1.97. The first-order chi connectivity index (χ1) is 7.59. The minimum absolute atomic E-state index is 0.0804. The highest BCUT2D eigenvalue weighted by molar-refractivity contribution is 5.69. The number of nitrogens with zero attached hydrogens (tertiary/aromatic N) is 1. The van der Waals surface area contributed by atoms with Crippen LogP contribution in [0.3, 0.4) is 0 Å². The van der Waals surface area contributed by atoms with Gasteiger partial charge in [-0.3, -0.25) is 9.59 Å². The second kappa shape index (κ2) is 5.82. The summed E-state index contributed by atoms with van der Waals surface area (Å²) in [5.41, 5.74) is -1.42. The highest BCUT2D eigenvalue weighted by Gasteiger charge is 2.35. The van der Waals surface area contributed by atoms with Crippen LogP contribution >= 0.6 is 0 Å². The third-order valence-corrected chi connectivity index (χ3v) is 2.79. The number of carbonyl (C=O) groups is 2. The number of alkyl halides is 1. The average molecular weight is 231 g/mol. The minimum Gasteiger partial charge on any atom is -0.466 e. The monoisotopic (exact) mass is 231 g/mol. The van der Waals surface area contributed by atoms with E-state index < -0.39 is 5.67 Å². The molecular weight excluding hydrogens is 213 g/mol. The molecule has 0 saturated carbocycles. The van der Waals surface area contributed by atoms with Crippen LogP contribution < -0.4 is 0 Å². The summed E-state index contributed by atoms with van der Waals surface area (Å²) in [5.74, 6) is -0.372. The van der Waals surface area contributed by atoms with Gasteiger partial charge in [-0.1, -0.05) is 0 Å². The quantitative estimate of drug-likeness (QED) is 0.529. The van der Waals surface area contributed by atoms with E-state index in [2.05, 4.69) is 0 Å². The molecule has 1 aliphatic heterocycles. The Morgan fingerprint density at radius 2 is 2.38 bits per heavy atom. The molecule has 1 heterocycles. The second-order valence-electron chi connectivity index (χ2n) is 4.14. The van der Waals surface area contributed by atoms with Gasteiger partial charge in [0.05, 0.1) is 13.2 Å². The van der Waals surface area contributed by atoms with Gasteiger partial charge in [-0.15, -0.1) is 0 Å². The van der Waals surface area contributed by atoms with Gasteiger partial charge in [-0.05, 0) is 26.2 Å². The predicted octanol–water partition coefficient (Wildman–Crippen LogP) is 1.29. The van der Waals surface area contributed by atoms with E-state index in [9.17, 15) is 14.0 Å². The van der Waals surface area contributed by atoms with Crippen LogP contribution in [0.4, 0.5) is 4.39 Å². The predicted molar refractivity (Wildman–Crippen MR) is 56.6 cm³/mol. The summed E-state index contributed by atoms with van der Waals surface area (Å²) in [4.78, 5) is 23.1. The number of halogens is 1. The van der Waals surface area contributed by atoms with Crippen LogP contribution in [0.15, 0.2) is 0 Å². The lowest BCUT2D eigenvalue weighted by Crippen LogP contribution is -2.44. The van der Waals surface area contributed by atoms with E-state index in [0.29, 0.717) is 32.4 Å². The number of amides is 1. The summed E-state index contributed by atoms with van der Waals surface area (Å²) in [6.45, 7) is 2.74. The molecular formula is C11H18FNO3. The number of rotatable bonds is 5. The van der Waals surface area contributed by atoms with Crippen molar-refractivity contribution in [2.24, 2.45) is 0 Å². The molecule has 1 rings (SSSR count). The van der Waals surface area contributed by atoms with Gasteiger partial charge in [0.1, 0.15) is 5.67 Å². The van der Waals surface area contributed by atoms with Crippen molar-refractivity contribution in [1.82, 2.24) is 4.90 Å². The molecule has 1 aliphatic rings. The van der Waals surface area contributed by atoms with E-state index in [1.165, 1.54) is 4.90 Å². The Balaban J connectivity index is 2.38. The van der Waals surface area contributed by atoms with Crippen molar-refractivity contribution in [3.8, 4) is 0 Å². The van der Waals surface area contributed by atoms with E-state index in [1.54, 1.807) is 6.92 Å². The van der Waals surface area contributed by atoms with Crippen molar-refractivity contribution in [1.29, 1.82) is 0 Å². The minimum atomic E-state index is -1.42. The van der Waals surface area contributed by atoms with Crippen LogP contribution in [-0.2, 0) is 14.3 Å². The largest absolute Gasteiger partial charge is 0.466 e. The lowest BCUT2D eigenvalue weighted by molar-refractivity contribution is -0.144. The summed E-state index contributed by atoms with van der Waals surface area (Å²) < 4.78 is 18.9. The zero-order valence-corrected chi connectivity index (χ0v) is 9.58. The molecule has 92 valence electrons. The number of carbonyl (C=O) groups excluding carboxylic acids is 2. The Morgan fingerprint density at radius 3 is 3.00 bits per heavy atom. The third kappa shape index (κ3) is 3.79. The Labute approximate surface area is 94.7 Å². The molecule has 0 aromatic heterocycles. The van der Waals surface area contributed by atoms with Crippen molar-refractivity contribution in [2.75, 3.05) is 19.7 Å². The van der Waals surface area contributed by atoms with Crippen LogP contribution in [0.5, 0.6) is 0 Å². The Bertz CT molecular complexity index is 260. The Kier molecular flexibility index (Phi) is 4.71. The number of hydrogen-bond donors (Lipinski definition) is 0. The molecule has 1 unspecified atom stereocenters. The number of hydrogen-bond acceptors (Lipinski definition) is 3. The normalized spacial score (nSPS) is 25.2. The maximum atomic E-state index is 14.2. The fourth-order valence-electron chi connectivity index (χ4n) is 1.97. The summed E-state index contributed by atoms with van der Waals surface area (Å²) >= 11 is 0. The van der Waals surface area contributed by atoms with E-state index in [4.69, 9.17) is 4.74 Å². The molecule has 1 fully saturated rings. The van der Waals surface area contributed by atoms with Crippen molar-refractivity contribution in [3.05, 3.63) is 0 Å². The molecule has 0 spiro atoms. The maximum Gasteiger partial charge on any atom is 0.305 e. The zero-order valence-electron chi connectivity index (χ0n) is 9.58. The summed E-state index contributed by atoms with van der Waals surface area (Å²) in [6.07, 6.45) is 1.94. The molecule has 5 heteroatoms. The number of esters is 1. The number of ether oxygens (including phenoxy) is 1. The van der Waals surface area contributed by atoms with Gasteiger partial charge in [0, 0.05) is 13.0 Å². The summed E-state index contributed by atoms with van der Waals surface area (Å²) in [7, 11) is 0. The van der Waals surface area contributed by atoms with E-state index >= 15 is 0 Å². The van der Waals surface area contributed by atoms with Crippen LogP contribution in [0.25, 0.3) is 0 Å². The van der Waals surface area contributed by atoms with Gasteiger partial charge < -0.3 is 9.64 Å². The smallest absolute Gasteiger partial charge is 0.305 e. The topological polar surface area (TPSA) is 46.6 Å². The van der Waals surface area contributed by atoms with Gasteiger partial charge in [-0.25, -0.2) is 4.39 Å². The van der Waals surface area contributed by atoms with Crippen LogP contribution in [0.1, 0.15) is 32.6 Å². The van der Waals surface area contributed by atoms with Crippen LogP contribution in [0.2, 0.25) is 0 Å². The van der Waals surface area contributed by atoms with Crippen molar-refractivity contribution < 1.29 is 18.7 Å². The molecule has 16 heavy (non-hydrogen) atoms. The molecule has 4 nitrogen and oxygen atoms in total. The summed E-state index contributed by atoms with van der Waals surface area (Å²) in [6, 6.07) is 0. The standard InChI is InChI=1S/C11H18FNO3/c1-2-16-10(15)4-6-11(12)5-3-7-13(8-11)9-14/h9H,2-8H2,1H3. The fraction of sp³-hybridized carbons (Fsp3) is 0.818. The highest BCUT2D eigenvalue weighted by atomic mass is 19.1. The Hall–Kier alpha value is -1.13. The van der Waals surface area contributed by atoms with Gasteiger partial charge >= 0.3 is 5.97 Å². The van der Waals surface area contributed by atoms with Crippen molar-refractivity contribution in [3.63, 3.8) is 0 Å². The van der Waals surface area contributed by atoms with Gasteiger partial charge in [0.15, 0.2) is 0 Å². The van der Waals surface area contributed by atoms with E-state index in [0.717, 1.165) is 0 Å². The van der Waals surface area contributed by atoms with E-state index in [1.807, 2.05) is 0 Å². The molecule has 0 bridgehead atoms. The maximum absolute atomic E-state index is 14.2. The molecule has 0 radical (unpaired) electrons. The molecule has 1 amide bonds. The first-order valence-corrected chi connectivity index (χ1v) is 5.63. The third-order valence-electron chi connectivity index (χ3n) is 2.79. The molecule has 0 N–H and O–H groups in total. The first kappa shape index (κ1) is 12.9. The molecule has 1 saturated heterocycles. The highest BCUT2D eigenvalue weighted by Crippen LogP contribution is 2.29. The van der Waals surface area contributed by atoms with Gasteiger partial charge in [-0.2, -0.15) is 0 Å². The lowest BCUT2D eigenvalue weighted by Gasteiger charge is -2.35. The molecule has 0 aliphatic carbocycles. The second-order valence-corrected chi connectivity index (χ2v) is 4.14. The van der Waals surface area contributed by atoms with Gasteiger partial charge in [0.2, 0.25) is 6.41 Å². The van der Waals surface area contributed by atoms with Crippen LogP contribution in [-0.4, -0.2) is 42.6 Å². The van der Waals surface area contributed by atoms with Crippen LogP contribution in [0, 0.1) is 0 Å².